The summed E-state index contributed by atoms with van der Waals surface area (Å²) in [5.74, 6) is -1.94. The van der Waals surface area contributed by atoms with Crippen molar-refractivity contribution in [3.63, 3.8) is 0 Å². The minimum absolute atomic E-state index is 0.208. The Bertz CT molecular complexity index is 1230. The molecule has 0 amide bonds. The molecule has 2 aromatic heterocycles. The highest BCUT2D eigenvalue weighted by Gasteiger charge is 2.17. The second kappa shape index (κ2) is 9.26. The predicted octanol–water partition coefficient (Wildman–Crippen LogP) is 5.23. The summed E-state index contributed by atoms with van der Waals surface area (Å²) in [6.07, 6.45) is 1.71. The number of benzene rings is 2. The molecule has 0 aliphatic rings. The van der Waals surface area contributed by atoms with Crippen LogP contribution in [-0.4, -0.2) is 27.1 Å². The van der Waals surface area contributed by atoms with E-state index in [1.807, 2.05) is 28.8 Å². The Kier molecular flexibility index (Phi) is 6.27. The number of aromatic nitrogens is 3. The van der Waals surface area contributed by atoms with Gasteiger partial charge in [0.15, 0.2) is 16.8 Å². The van der Waals surface area contributed by atoms with E-state index in [0.29, 0.717) is 22.8 Å². The van der Waals surface area contributed by atoms with Crippen molar-refractivity contribution >= 4 is 28.8 Å². The van der Waals surface area contributed by atoms with Crippen LogP contribution < -0.4 is 0 Å². The number of ether oxygens (including phenoxy) is 1. The number of pyridine rings is 1. The van der Waals surface area contributed by atoms with E-state index in [4.69, 9.17) is 4.74 Å². The molecular weight excluding hydrogens is 420 g/mol. The normalized spacial score (nSPS) is 11.1. The zero-order chi connectivity index (χ0) is 21.8. The summed E-state index contributed by atoms with van der Waals surface area (Å²) >= 11 is 1.29. The molecular formula is C23H19F2N3O2S. The molecule has 31 heavy (non-hydrogen) atoms. The van der Waals surface area contributed by atoms with Gasteiger partial charge in [-0.2, -0.15) is 0 Å². The lowest BCUT2D eigenvalue weighted by atomic mass is 10.2. The fourth-order valence-electron chi connectivity index (χ4n) is 3.17. The predicted molar refractivity (Wildman–Crippen MR) is 115 cm³/mol. The van der Waals surface area contributed by atoms with Crippen LogP contribution in [0.5, 0.6) is 0 Å². The van der Waals surface area contributed by atoms with Gasteiger partial charge >= 0.3 is 5.97 Å². The van der Waals surface area contributed by atoms with Gasteiger partial charge in [0.25, 0.3) is 0 Å². The Labute approximate surface area is 182 Å². The summed E-state index contributed by atoms with van der Waals surface area (Å²) < 4.78 is 34.7. The fourth-order valence-corrected chi connectivity index (χ4v) is 4.16. The number of rotatable bonds is 7. The molecule has 0 aliphatic heterocycles. The molecule has 0 fully saturated rings. The fraction of sp³-hybridized carbons (Fsp3) is 0.174. The molecule has 0 aliphatic carbocycles. The Morgan fingerprint density at radius 3 is 2.77 bits per heavy atom. The van der Waals surface area contributed by atoms with Crippen LogP contribution in [0.4, 0.5) is 8.78 Å². The monoisotopic (exact) mass is 439 g/mol. The maximum absolute atomic E-state index is 14.1. The van der Waals surface area contributed by atoms with Crippen LogP contribution in [0, 0.1) is 11.6 Å². The summed E-state index contributed by atoms with van der Waals surface area (Å²) in [7, 11) is 0. The summed E-state index contributed by atoms with van der Waals surface area (Å²) in [5.41, 5.74) is 2.91. The summed E-state index contributed by atoms with van der Waals surface area (Å²) in [5, 5.41) is 0.616. The smallest absolute Gasteiger partial charge is 0.338 e. The van der Waals surface area contributed by atoms with Crippen molar-refractivity contribution in [3.8, 4) is 0 Å². The van der Waals surface area contributed by atoms with Gasteiger partial charge in [-0.05, 0) is 43.3 Å². The molecule has 0 saturated heterocycles. The third kappa shape index (κ3) is 4.59. The highest BCUT2D eigenvalue weighted by atomic mass is 32.2. The van der Waals surface area contributed by atoms with Gasteiger partial charge in [-0.25, -0.2) is 18.6 Å². The van der Waals surface area contributed by atoms with E-state index in [0.717, 1.165) is 17.3 Å². The van der Waals surface area contributed by atoms with Gasteiger partial charge in [-0.15, -0.1) is 0 Å². The van der Waals surface area contributed by atoms with E-state index in [-0.39, 0.29) is 17.9 Å². The first-order valence-corrected chi connectivity index (χ1v) is 10.7. The lowest BCUT2D eigenvalue weighted by Gasteiger charge is -2.09. The number of halogens is 2. The standard InChI is InChI=1S/C23H19F2N3O2S/c1-2-30-22(29)15-9-10-20-19(12-15)27-23(28(20)13-17-7-3-4-11-26-17)31-14-16-6-5-8-18(24)21(16)25/h3-12H,2,13-14H2,1H3. The van der Waals surface area contributed by atoms with Crippen molar-refractivity contribution in [1.82, 2.24) is 14.5 Å². The lowest BCUT2D eigenvalue weighted by Crippen LogP contribution is -2.05. The summed E-state index contributed by atoms with van der Waals surface area (Å²) in [4.78, 5) is 21.1. The third-order valence-corrected chi connectivity index (χ3v) is 5.68. The number of carbonyl (C=O) groups excluding carboxylic acids is 1. The van der Waals surface area contributed by atoms with Crippen LogP contribution in [0.15, 0.2) is 66.0 Å². The van der Waals surface area contributed by atoms with Gasteiger partial charge < -0.3 is 9.30 Å². The molecule has 0 N–H and O–H groups in total. The van der Waals surface area contributed by atoms with Crippen molar-refractivity contribution in [2.75, 3.05) is 6.61 Å². The minimum atomic E-state index is -0.876. The van der Waals surface area contributed by atoms with Crippen LogP contribution in [0.1, 0.15) is 28.5 Å². The molecule has 0 spiro atoms. The van der Waals surface area contributed by atoms with Crippen LogP contribution >= 0.6 is 11.8 Å². The average Bonchev–Trinajstić information content (AvgIpc) is 3.12. The zero-order valence-corrected chi connectivity index (χ0v) is 17.5. The molecule has 0 radical (unpaired) electrons. The Morgan fingerprint density at radius 2 is 2.00 bits per heavy atom. The van der Waals surface area contributed by atoms with Gasteiger partial charge in [-0.1, -0.05) is 30.0 Å². The Morgan fingerprint density at radius 1 is 1.13 bits per heavy atom. The average molecular weight is 439 g/mol. The molecule has 0 atom stereocenters. The molecule has 0 bridgehead atoms. The van der Waals surface area contributed by atoms with Crippen molar-refractivity contribution < 1.29 is 18.3 Å². The molecule has 4 rings (SSSR count). The largest absolute Gasteiger partial charge is 0.462 e. The maximum atomic E-state index is 14.1. The highest BCUT2D eigenvalue weighted by molar-refractivity contribution is 7.98. The number of fused-ring (bicyclic) bond motifs is 1. The summed E-state index contributed by atoms with van der Waals surface area (Å²) in [6.45, 7) is 2.48. The molecule has 158 valence electrons. The number of thioether (sulfide) groups is 1. The van der Waals surface area contributed by atoms with E-state index in [1.165, 1.54) is 17.8 Å². The molecule has 0 unspecified atom stereocenters. The number of imidazole rings is 1. The number of hydrogen-bond acceptors (Lipinski definition) is 5. The molecule has 2 aromatic carbocycles. The topological polar surface area (TPSA) is 57.0 Å². The van der Waals surface area contributed by atoms with Gasteiger partial charge in [0.2, 0.25) is 0 Å². The quantitative estimate of drug-likeness (QED) is 0.292. The molecule has 0 saturated carbocycles. The highest BCUT2D eigenvalue weighted by Crippen LogP contribution is 2.29. The Hall–Kier alpha value is -3.26. The van der Waals surface area contributed by atoms with Gasteiger partial charge in [0, 0.05) is 17.5 Å². The number of hydrogen-bond donors (Lipinski definition) is 0. The first kappa shape index (κ1) is 21.0. The van der Waals surface area contributed by atoms with Crippen molar-refractivity contribution in [1.29, 1.82) is 0 Å². The Balaban J connectivity index is 1.71. The minimum Gasteiger partial charge on any atom is -0.462 e. The second-order valence-electron chi connectivity index (χ2n) is 6.73. The van der Waals surface area contributed by atoms with Crippen LogP contribution in [0.25, 0.3) is 11.0 Å². The number of esters is 1. The van der Waals surface area contributed by atoms with Crippen molar-refractivity contribution in [2.45, 2.75) is 24.4 Å². The van der Waals surface area contributed by atoms with E-state index in [2.05, 4.69) is 9.97 Å². The summed E-state index contributed by atoms with van der Waals surface area (Å²) in [6, 6.07) is 14.9. The van der Waals surface area contributed by atoms with E-state index in [9.17, 15) is 13.6 Å². The number of carbonyl (C=O) groups is 1. The van der Waals surface area contributed by atoms with Gasteiger partial charge in [0.1, 0.15) is 0 Å². The zero-order valence-electron chi connectivity index (χ0n) is 16.7. The van der Waals surface area contributed by atoms with Crippen molar-refractivity contribution in [3.05, 3.63) is 89.2 Å². The SMILES string of the molecule is CCOC(=O)c1ccc2c(c1)nc(SCc1cccc(F)c1F)n2Cc1ccccn1. The third-order valence-electron chi connectivity index (χ3n) is 4.66. The lowest BCUT2D eigenvalue weighted by molar-refractivity contribution is 0.0526. The van der Waals surface area contributed by atoms with E-state index >= 15 is 0 Å². The number of nitrogens with zero attached hydrogens (tertiary/aromatic N) is 3. The molecule has 2 heterocycles. The van der Waals surface area contributed by atoms with Gasteiger partial charge in [-0.3, -0.25) is 4.98 Å². The molecule has 4 aromatic rings. The van der Waals surface area contributed by atoms with Crippen LogP contribution in [0.2, 0.25) is 0 Å². The van der Waals surface area contributed by atoms with Crippen LogP contribution in [-0.2, 0) is 17.0 Å². The van der Waals surface area contributed by atoms with Crippen LogP contribution in [0.3, 0.4) is 0 Å². The van der Waals surface area contributed by atoms with E-state index < -0.39 is 17.6 Å². The molecule has 8 heteroatoms. The van der Waals surface area contributed by atoms with Crippen molar-refractivity contribution in [2.24, 2.45) is 0 Å². The van der Waals surface area contributed by atoms with Gasteiger partial charge in [0.05, 0.1) is 35.4 Å². The first-order valence-electron chi connectivity index (χ1n) is 9.70. The second-order valence-corrected chi connectivity index (χ2v) is 7.67. The maximum Gasteiger partial charge on any atom is 0.338 e. The first-order chi connectivity index (χ1) is 15.1. The molecule has 5 nitrogen and oxygen atoms in total. The van der Waals surface area contributed by atoms with E-state index in [1.54, 1.807) is 31.3 Å².